The van der Waals surface area contributed by atoms with Crippen molar-refractivity contribution in [3.05, 3.63) is 29.3 Å². The highest BCUT2D eigenvalue weighted by Gasteiger charge is 2.17. The number of aryl methyl sites for hydroxylation is 1. The Morgan fingerprint density at radius 3 is 2.59 bits per heavy atom. The van der Waals surface area contributed by atoms with Gasteiger partial charge in [-0.2, -0.15) is 0 Å². The molecule has 1 aromatic heterocycles. The summed E-state index contributed by atoms with van der Waals surface area (Å²) in [5, 5.41) is 12.1. The van der Waals surface area contributed by atoms with E-state index < -0.39 is 6.10 Å². The van der Waals surface area contributed by atoms with Crippen molar-refractivity contribution in [1.82, 2.24) is 10.2 Å². The van der Waals surface area contributed by atoms with Gasteiger partial charge in [0.05, 0.1) is 7.11 Å². The van der Waals surface area contributed by atoms with Gasteiger partial charge in [0.15, 0.2) is 6.10 Å². The van der Waals surface area contributed by atoms with Gasteiger partial charge in [0.2, 0.25) is 5.13 Å². The Morgan fingerprint density at radius 2 is 1.95 bits per heavy atom. The highest BCUT2D eigenvalue weighted by Crippen LogP contribution is 2.20. The molecule has 2 rings (SSSR count). The van der Waals surface area contributed by atoms with Gasteiger partial charge < -0.3 is 9.47 Å². The number of benzene rings is 1. The number of ether oxygens (including phenoxy) is 2. The van der Waals surface area contributed by atoms with Crippen LogP contribution in [0.4, 0.5) is 5.13 Å². The van der Waals surface area contributed by atoms with Crippen LogP contribution in [-0.2, 0) is 11.2 Å². The van der Waals surface area contributed by atoms with E-state index >= 15 is 0 Å². The first-order valence-corrected chi connectivity index (χ1v) is 7.88. The third-order valence-electron chi connectivity index (χ3n) is 2.90. The first-order valence-electron chi connectivity index (χ1n) is 7.06. The van der Waals surface area contributed by atoms with Gasteiger partial charge in [-0.15, -0.1) is 10.2 Å². The Balaban J connectivity index is 1.90. The molecule has 0 bridgehead atoms. The number of carbonyl (C=O) groups is 1. The fraction of sp³-hybridized carbons (Fsp3) is 0.400. The Morgan fingerprint density at radius 1 is 1.27 bits per heavy atom. The van der Waals surface area contributed by atoms with Gasteiger partial charge >= 0.3 is 0 Å². The lowest BCUT2D eigenvalue weighted by atomic mass is 10.3. The lowest BCUT2D eigenvalue weighted by Gasteiger charge is -2.13. The second-order valence-electron chi connectivity index (χ2n) is 4.68. The van der Waals surface area contributed by atoms with Crippen LogP contribution in [-0.4, -0.2) is 29.3 Å². The molecule has 1 N–H and O–H groups in total. The lowest BCUT2D eigenvalue weighted by Crippen LogP contribution is -2.30. The van der Waals surface area contributed by atoms with Crippen LogP contribution in [0.15, 0.2) is 24.3 Å². The van der Waals surface area contributed by atoms with Crippen LogP contribution in [0, 0.1) is 0 Å². The molecular formula is C15H19N3O3S. The zero-order valence-electron chi connectivity index (χ0n) is 12.8. The fourth-order valence-corrected chi connectivity index (χ4v) is 2.58. The summed E-state index contributed by atoms with van der Waals surface area (Å²) in [6.07, 6.45) is 1.23. The molecule has 0 fully saturated rings. The molecular weight excluding hydrogens is 302 g/mol. The summed E-state index contributed by atoms with van der Waals surface area (Å²) in [6.45, 7) is 3.76. The van der Waals surface area contributed by atoms with Crippen LogP contribution in [0.1, 0.15) is 25.3 Å². The van der Waals surface area contributed by atoms with Gasteiger partial charge in [-0.25, -0.2) is 0 Å². The van der Waals surface area contributed by atoms with Crippen molar-refractivity contribution in [2.24, 2.45) is 0 Å². The summed E-state index contributed by atoms with van der Waals surface area (Å²) in [5.74, 6) is 1.09. The molecule has 0 spiro atoms. The van der Waals surface area contributed by atoms with Crippen LogP contribution in [0.5, 0.6) is 11.5 Å². The first-order chi connectivity index (χ1) is 10.6. The Hall–Kier alpha value is -2.15. The van der Waals surface area contributed by atoms with Crippen LogP contribution < -0.4 is 14.8 Å². The molecule has 1 aromatic carbocycles. The third kappa shape index (κ3) is 4.42. The van der Waals surface area contributed by atoms with Crippen LogP contribution in [0.25, 0.3) is 0 Å². The van der Waals surface area contributed by atoms with Crippen LogP contribution >= 0.6 is 11.3 Å². The van der Waals surface area contributed by atoms with E-state index in [4.69, 9.17) is 9.47 Å². The van der Waals surface area contributed by atoms with Crippen molar-refractivity contribution >= 4 is 22.4 Å². The minimum absolute atomic E-state index is 0.255. The third-order valence-corrected chi connectivity index (χ3v) is 3.80. The number of hydrogen-bond donors (Lipinski definition) is 1. The van der Waals surface area contributed by atoms with Gasteiger partial charge in [0.1, 0.15) is 16.5 Å². The largest absolute Gasteiger partial charge is 0.497 e. The van der Waals surface area contributed by atoms with E-state index in [9.17, 15) is 4.79 Å². The number of methoxy groups -OCH3 is 1. The molecule has 2 aromatic rings. The number of aromatic nitrogens is 2. The maximum absolute atomic E-state index is 12.1. The topological polar surface area (TPSA) is 73.3 Å². The molecule has 0 saturated heterocycles. The summed E-state index contributed by atoms with van der Waals surface area (Å²) in [5.41, 5.74) is 0. The standard InChI is InChI=1S/C15H19N3O3S/c1-4-5-13-17-18-15(22-13)16-14(19)10(2)21-12-8-6-11(20-3)7-9-12/h6-10H,4-5H2,1-3H3,(H,16,18,19)/t10-/m0/s1. The quantitative estimate of drug-likeness (QED) is 0.849. The van der Waals surface area contributed by atoms with Crippen molar-refractivity contribution in [3.63, 3.8) is 0 Å². The highest BCUT2D eigenvalue weighted by atomic mass is 32.1. The predicted molar refractivity (Wildman–Crippen MR) is 85.6 cm³/mol. The molecule has 6 nitrogen and oxygen atoms in total. The van der Waals surface area contributed by atoms with E-state index in [1.54, 1.807) is 38.3 Å². The minimum Gasteiger partial charge on any atom is -0.497 e. The van der Waals surface area contributed by atoms with E-state index in [1.807, 2.05) is 0 Å². The van der Waals surface area contributed by atoms with Crippen molar-refractivity contribution in [3.8, 4) is 11.5 Å². The maximum atomic E-state index is 12.1. The van der Waals surface area contributed by atoms with E-state index in [1.165, 1.54) is 11.3 Å². The molecule has 1 heterocycles. The zero-order chi connectivity index (χ0) is 15.9. The second-order valence-corrected chi connectivity index (χ2v) is 5.74. The molecule has 0 aliphatic rings. The van der Waals surface area contributed by atoms with Crippen molar-refractivity contribution < 1.29 is 14.3 Å². The molecule has 1 atom stereocenters. The average molecular weight is 321 g/mol. The van der Waals surface area contributed by atoms with E-state index in [0.29, 0.717) is 10.9 Å². The summed E-state index contributed by atoms with van der Waals surface area (Å²) >= 11 is 1.39. The van der Waals surface area contributed by atoms with Crippen molar-refractivity contribution in [1.29, 1.82) is 0 Å². The van der Waals surface area contributed by atoms with Crippen LogP contribution in [0.3, 0.4) is 0 Å². The molecule has 0 aliphatic carbocycles. The highest BCUT2D eigenvalue weighted by molar-refractivity contribution is 7.15. The van der Waals surface area contributed by atoms with Gasteiger partial charge in [-0.05, 0) is 37.6 Å². The molecule has 118 valence electrons. The summed E-state index contributed by atoms with van der Waals surface area (Å²) in [4.78, 5) is 12.1. The number of nitrogens with one attached hydrogen (secondary N) is 1. The fourth-order valence-electron chi connectivity index (χ4n) is 1.74. The summed E-state index contributed by atoms with van der Waals surface area (Å²) in [7, 11) is 1.60. The maximum Gasteiger partial charge on any atom is 0.266 e. The van der Waals surface area contributed by atoms with E-state index in [2.05, 4.69) is 22.4 Å². The SMILES string of the molecule is CCCc1nnc(NC(=O)[C@H](C)Oc2ccc(OC)cc2)s1. The second kappa shape index (κ2) is 7.74. The zero-order valence-corrected chi connectivity index (χ0v) is 13.6. The monoisotopic (exact) mass is 321 g/mol. The summed E-state index contributed by atoms with van der Waals surface area (Å²) in [6, 6.07) is 7.07. The molecule has 0 radical (unpaired) electrons. The van der Waals surface area contributed by atoms with Gasteiger partial charge in [-0.1, -0.05) is 18.3 Å². The Bertz CT molecular complexity index is 613. The van der Waals surface area contributed by atoms with Crippen molar-refractivity contribution in [2.45, 2.75) is 32.8 Å². The predicted octanol–water partition coefficient (Wildman–Crippen LogP) is 2.91. The number of carbonyl (C=O) groups excluding carboxylic acids is 1. The minimum atomic E-state index is -0.632. The molecule has 22 heavy (non-hydrogen) atoms. The number of hydrogen-bond acceptors (Lipinski definition) is 6. The number of anilines is 1. The average Bonchev–Trinajstić information content (AvgIpc) is 2.95. The molecule has 1 amide bonds. The van der Waals surface area contributed by atoms with Gasteiger partial charge in [0, 0.05) is 6.42 Å². The summed E-state index contributed by atoms with van der Waals surface area (Å²) < 4.78 is 10.7. The van der Waals surface area contributed by atoms with E-state index in [0.717, 1.165) is 23.6 Å². The Kier molecular flexibility index (Phi) is 5.71. The van der Waals surface area contributed by atoms with E-state index in [-0.39, 0.29) is 5.91 Å². The normalized spacial score (nSPS) is 11.8. The number of amides is 1. The van der Waals surface area contributed by atoms with Gasteiger partial charge in [-0.3, -0.25) is 10.1 Å². The van der Waals surface area contributed by atoms with Crippen LogP contribution in [0.2, 0.25) is 0 Å². The number of rotatable bonds is 7. The molecule has 0 unspecified atom stereocenters. The Labute approximate surface area is 133 Å². The lowest BCUT2D eigenvalue weighted by molar-refractivity contribution is -0.122. The molecule has 0 aliphatic heterocycles. The smallest absolute Gasteiger partial charge is 0.266 e. The molecule has 0 saturated carbocycles. The number of nitrogens with zero attached hydrogens (tertiary/aromatic N) is 2. The molecule has 7 heteroatoms. The van der Waals surface area contributed by atoms with Crippen molar-refractivity contribution in [2.75, 3.05) is 12.4 Å². The first kappa shape index (κ1) is 16.2. The van der Waals surface area contributed by atoms with Gasteiger partial charge in [0.25, 0.3) is 5.91 Å².